The van der Waals surface area contributed by atoms with E-state index < -0.39 is 12.2 Å². The van der Waals surface area contributed by atoms with Crippen molar-refractivity contribution in [3.8, 4) is 0 Å². The van der Waals surface area contributed by atoms with Crippen molar-refractivity contribution < 1.29 is 13.2 Å². The molecule has 1 rings (SSSR count). The summed E-state index contributed by atoms with van der Waals surface area (Å²) < 4.78 is 36.6. The molecule has 0 aromatic heterocycles. The summed E-state index contributed by atoms with van der Waals surface area (Å²) in [6.07, 6.45) is -4.04. The first-order valence-electron chi connectivity index (χ1n) is 5.39. The van der Waals surface area contributed by atoms with Crippen LogP contribution < -0.4 is 10.6 Å². The Kier molecular flexibility index (Phi) is 4.40. The van der Waals surface area contributed by atoms with Crippen LogP contribution in [0.1, 0.15) is 12.0 Å². The van der Waals surface area contributed by atoms with Crippen LogP contribution in [0, 0.1) is 0 Å². The van der Waals surface area contributed by atoms with Crippen LogP contribution in [0.25, 0.3) is 0 Å². The van der Waals surface area contributed by atoms with Crippen molar-refractivity contribution >= 4 is 5.69 Å². The molecule has 0 aliphatic rings. The fraction of sp³-hybridized carbons (Fsp3) is 0.500. The van der Waals surface area contributed by atoms with Gasteiger partial charge in [0, 0.05) is 19.8 Å². The molecule has 1 atom stereocenters. The number of anilines is 1. The molecule has 5 heteroatoms. The van der Waals surface area contributed by atoms with E-state index in [1.807, 2.05) is 43.3 Å². The lowest BCUT2D eigenvalue weighted by molar-refractivity contribution is -0.148. The van der Waals surface area contributed by atoms with Gasteiger partial charge >= 0.3 is 6.18 Å². The summed E-state index contributed by atoms with van der Waals surface area (Å²) in [5, 5.41) is 0. The van der Waals surface area contributed by atoms with Crippen molar-refractivity contribution in [3.63, 3.8) is 0 Å². The van der Waals surface area contributed by atoms with E-state index >= 15 is 0 Å². The molecule has 0 fully saturated rings. The van der Waals surface area contributed by atoms with Crippen LogP contribution in [0.2, 0.25) is 0 Å². The lowest BCUT2D eigenvalue weighted by Gasteiger charge is -2.16. The third-order valence-corrected chi connectivity index (χ3v) is 2.62. The molecule has 0 heterocycles. The first-order valence-corrected chi connectivity index (χ1v) is 5.39. The van der Waals surface area contributed by atoms with Crippen LogP contribution in [0.4, 0.5) is 18.9 Å². The zero-order valence-corrected chi connectivity index (χ0v) is 9.96. The van der Waals surface area contributed by atoms with E-state index in [2.05, 4.69) is 0 Å². The number of aryl methyl sites for hydroxylation is 1. The summed E-state index contributed by atoms with van der Waals surface area (Å²) in [7, 11) is 3.82. The Hall–Kier alpha value is -1.23. The fourth-order valence-electron chi connectivity index (χ4n) is 1.45. The van der Waals surface area contributed by atoms with Gasteiger partial charge in [-0.2, -0.15) is 13.2 Å². The van der Waals surface area contributed by atoms with Gasteiger partial charge in [-0.05, 0) is 30.5 Å². The normalized spacial score (nSPS) is 13.5. The molecule has 17 heavy (non-hydrogen) atoms. The molecule has 2 nitrogen and oxygen atoms in total. The lowest BCUT2D eigenvalue weighted by atomic mass is 10.1. The Labute approximate surface area is 99.2 Å². The minimum absolute atomic E-state index is 0.0786. The van der Waals surface area contributed by atoms with Crippen LogP contribution in [-0.2, 0) is 6.42 Å². The molecular weight excluding hydrogens is 229 g/mol. The number of hydrogen-bond acceptors (Lipinski definition) is 2. The van der Waals surface area contributed by atoms with E-state index in [0.29, 0.717) is 6.42 Å². The molecule has 1 unspecified atom stereocenters. The predicted molar refractivity (Wildman–Crippen MR) is 63.1 cm³/mol. The first kappa shape index (κ1) is 13.8. The lowest BCUT2D eigenvalue weighted by Crippen LogP contribution is -2.37. The van der Waals surface area contributed by atoms with E-state index in [4.69, 9.17) is 5.73 Å². The summed E-state index contributed by atoms with van der Waals surface area (Å²) in [5.41, 5.74) is 6.94. The summed E-state index contributed by atoms with van der Waals surface area (Å²) in [5.74, 6) is 0. The van der Waals surface area contributed by atoms with Gasteiger partial charge in [0.1, 0.15) is 6.04 Å². The van der Waals surface area contributed by atoms with Gasteiger partial charge in [-0.3, -0.25) is 0 Å². The standard InChI is InChI=1S/C12H17F3N2/c1-17(2)10-6-3-9(4-7-10)5-8-11(16)12(13,14)15/h3-4,6-7,11H,5,8,16H2,1-2H3. The van der Waals surface area contributed by atoms with Crippen LogP contribution >= 0.6 is 0 Å². The smallest absolute Gasteiger partial charge is 0.378 e. The van der Waals surface area contributed by atoms with E-state index in [1.54, 1.807) is 0 Å². The molecule has 1 aromatic rings. The van der Waals surface area contributed by atoms with Crippen molar-refractivity contribution in [3.05, 3.63) is 29.8 Å². The van der Waals surface area contributed by atoms with Crippen molar-refractivity contribution in [2.24, 2.45) is 5.73 Å². The zero-order valence-electron chi connectivity index (χ0n) is 9.96. The highest BCUT2D eigenvalue weighted by Gasteiger charge is 2.35. The fourth-order valence-corrected chi connectivity index (χ4v) is 1.45. The van der Waals surface area contributed by atoms with Gasteiger partial charge < -0.3 is 10.6 Å². The van der Waals surface area contributed by atoms with E-state index in [0.717, 1.165) is 11.3 Å². The largest absolute Gasteiger partial charge is 0.403 e. The number of rotatable bonds is 4. The molecule has 0 aliphatic carbocycles. The number of benzene rings is 1. The third kappa shape index (κ3) is 4.26. The maximum Gasteiger partial charge on any atom is 0.403 e. The Bertz CT molecular complexity index is 344. The number of alkyl halides is 3. The van der Waals surface area contributed by atoms with Gasteiger partial charge in [0.25, 0.3) is 0 Å². The van der Waals surface area contributed by atoms with Gasteiger partial charge in [-0.15, -0.1) is 0 Å². The highest BCUT2D eigenvalue weighted by molar-refractivity contribution is 5.45. The molecule has 1 aromatic carbocycles. The maximum absolute atomic E-state index is 12.2. The molecule has 0 spiro atoms. The van der Waals surface area contributed by atoms with Gasteiger partial charge in [-0.25, -0.2) is 0 Å². The molecule has 0 aliphatic heterocycles. The Morgan fingerprint density at radius 2 is 1.71 bits per heavy atom. The van der Waals surface area contributed by atoms with Crippen LogP contribution in [-0.4, -0.2) is 26.3 Å². The topological polar surface area (TPSA) is 29.3 Å². The second-order valence-corrected chi connectivity index (χ2v) is 4.25. The Morgan fingerprint density at radius 3 is 2.12 bits per heavy atom. The second kappa shape index (κ2) is 5.40. The van der Waals surface area contributed by atoms with E-state index in [-0.39, 0.29) is 6.42 Å². The number of nitrogens with zero attached hydrogens (tertiary/aromatic N) is 1. The SMILES string of the molecule is CN(C)c1ccc(CCC(N)C(F)(F)F)cc1. The van der Waals surface area contributed by atoms with Crippen LogP contribution in [0.5, 0.6) is 0 Å². The number of nitrogens with two attached hydrogens (primary N) is 1. The average molecular weight is 246 g/mol. The quantitative estimate of drug-likeness (QED) is 0.884. The molecular formula is C12H17F3N2. The number of halogens is 3. The summed E-state index contributed by atoms with van der Waals surface area (Å²) in [6.45, 7) is 0. The minimum atomic E-state index is -4.30. The number of hydrogen-bond donors (Lipinski definition) is 1. The molecule has 0 saturated carbocycles. The average Bonchev–Trinajstić information content (AvgIpc) is 2.25. The molecule has 96 valence electrons. The van der Waals surface area contributed by atoms with Gasteiger partial charge in [0.05, 0.1) is 0 Å². The van der Waals surface area contributed by atoms with Crippen LogP contribution in [0.3, 0.4) is 0 Å². The van der Waals surface area contributed by atoms with Gasteiger partial charge in [0.2, 0.25) is 0 Å². The maximum atomic E-state index is 12.2. The zero-order chi connectivity index (χ0) is 13.1. The highest BCUT2D eigenvalue weighted by Crippen LogP contribution is 2.22. The third-order valence-electron chi connectivity index (χ3n) is 2.62. The van der Waals surface area contributed by atoms with Gasteiger partial charge in [-0.1, -0.05) is 12.1 Å². The molecule has 0 amide bonds. The highest BCUT2D eigenvalue weighted by atomic mass is 19.4. The monoisotopic (exact) mass is 246 g/mol. The second-order valence-electron chi connectivity index (χ2n) is 4.25. The van der Waals surface area contributed by atoms with Crippen molar-refractivity contribution in [2.75, 3.05) is 19.0 Å². The first-order chi connectivity index (χ1) is 7.80. The molecule has 0 bridgehead atoms. The summed E-state index contributed by atoms with van der Waals surface area (Å²) in [4.78, 5) is 1.94. The van der Waals surface area contributed by atoms with E-state index in [9.17, 15) is 13.2 Å². The van der Waals surface area contributed by atoms with Crippen molar-refractivity contribution in [2.45, 2.75) is 25.1 Å². The Balaban J connectivity index is 2.53. The molecule has 0 radical (unpaired) electrons. The Morgan fingerprint density at radius 1 is 1.18 bits per heavy atom. The summed E-state index contributed by atoms with van der Waals surface area (Å²) >= 11 is 0. The van der Waals surface area contributed by atoms with Crippen molar-refractivity contribution in [1.29, 1.82) is 0 Å². The van der Waals surface area contributed by atoms with Crippen LogP contribution in [0.15, 0.2) is 24.3 Å². The molecule has 2 N–H and O–H groups in total. The van der Waals surface area contributed by atoms with Gasteiger partial charge in [0.15, 0.2) is 0 Å². The van der Waals surface area contributed by atoms with Crippen molar-refractivity contribution in [1.82, 2.24) is 0 Å². The predicted octanol–water partition coefficient (Wildman–Crippen LogP) is 2.57. The summed E-state index contributed by atoms with van der Waals surface area (Å²) in [6, 6.07) is 5.69. The minimum Gasteiger partial charge on any atom is -0.378 e. The van der Waals surface area contributed by atoms with E-state index in [1.165, 1.54) is 0 Å². The molecule has 0 saturated heterocycles.